The minimum absolute atomic E-state index is 0.00447. The van der Waals surface area contributed by atoms with E-state index in [0.29, 0.717) is 11.6 Å². The van der Waals surface area contributed by atoms with E-state index in [1.54, 1.807) is 7.11 Å². The minimum Gasteiger partial charge on any atom is -0.497 e. The van der Waals surface area contributed by atoms with Crippen LogP contribution in [0.15, 0.2) is 47.5 Å². The van der Waals surface area contributed by atoms with E-state index in [9.17, 15) is 4.79 Å². The van der Waals surface area contributed by atoms with Gasteiger partial charge >= 0.3 is 0 Å². The third-order valence-corrected chi connectivity index (χ3v) is 5.21. The Morgan fingerprint density at radius 2 is 1.88 bits per heavy atom. The number of hydrogen-bond donors (Lipinski definition) is 0. The van der Waals surface area contributed by atoms with Crippen molar-refractivity contribution >= 4 is 23.0 Å². The fourth-order valence-electron chi connectivity index (χ4n) is 4.14. The summed E-state index contributed by atoms with van der Waals surface area (Å²) in [5.41, 5.74) is 4.31. The molecule has 0 unspecified atom stereocenters. The molecule has 0 aromatic heterocycles. The number of ether oxygens (including phenoxy) is 1. The molecule has 2 aromatic rings. The Balaban J connectivity index is 1.87. The van der Waals surface area contributed by atoms with Crippen molar-refractivity contribution in [2.75, 3.05) is 12.0 Å². The van der Waals surface area contributed by atoms with Gasteiger partial charge in [0.1, 0.15) is 11.5 Å². The number of aliphatic imine (C=N–C) groups is 1. The first-order valence-corrected chi connectivity index (χ1v) is 8.63. The molecule has 2 heterocycles. The second kappa shape index (κ2) is 5.45. The molecule has 2 aromatic carbocycles. The maximum absolute atomic E-state index is 13.2. The molecule has 128 valence electrons. The van der Waals surface area contributed by atoms with E-state index in [-0.39, 0.29) is 11.4 Å². The average molecular weight is 334 g/mol. The second-order valence-corrected chi connectivity index (χ2v) is 7.46. The number of carbonyl (C=O) groups is 1. The van der Waals surface area contributed by atoms with Crippen LogP contribution < -0.4 is 9.64 Å². The van der Waals surface area contributed by atoms with Gasteiger partial charge in [0.15, 0.2) is 0 Å². The van der Waals surface area contributed by atoms with Crippen molar-refractivity contribution in [3.8, 4) is 5.75 Å². The number of rotatable bonds is 2. The number of benzene rings is 2. The van der Waals surface area contributed by atoms with Gasteiger partial charge in [0.2, 0.25) is 0 Å². The van der Waals surface area contributed by atoms with Crippen molar-refractivity contribution in [2.24, 2.45) is 4.99 Å². The van der Waals surface area contributed by atoms with Gasteiger partial charge in [-0.25, -0.2) is 4.99 Å². The first kappa shape index (κ1) is 15.9. The molecule has 0 saturated heterocycles. The molecule has 0 aliphatic carbocycles. The fraction of sp³-hybridized carbons (Fsp3) is 0.333. The minimum atomic E-state index is -0.212. The van der Waals surface area contributed by atoms with E-state index < -0.39 is 0 Å². The lowest BCUT2D eigenvalue weighted by Gasteiger charge is -2.43. The zero-order valence-corrected chi connectivity index (χ0v) is 15.0. The van der Waals surface area contributed by atoms with Gasteiger partial charge in [0.05, 0.1) is 18.5 Å². The zero-order valence-electron chi connectivity index (χ0n) is 15.0. The number of amides is 1. The smallest absolute Gasteiger partial charge is 0.278 e. The average Bonchev–Trinajstić information content (AvgIpc) is 2.87. The van der Waals surface area contributed by atoms with E-state index in [1.165, 1.54) is 5.56 Å². The summed E-state index contributed by atoms with van der Waals surface area (Å²) in [5.74, 6) is 1.20. The standard InChI is InChI=1S/C21H22N2O2/c1-13-12-21(2,3)23-19-16(13)6-5-7-17(19)18(20(23)24)22-14-8-10-15(25-4)11-9-14/h5-11,13H,12H2,1-4H3/t13-/m1/s1. The number of carbonyl (C=O) groups excluding carboxylic acids is 1. The number of nitrogens with zero attached hydrogens (tertiary/aromatic N) is 2. The maximum Gasteiger partial charge on any atom is 0.278 e. The predicted molar refractivity (Wildman–Crippen MR) is 100 cm³/mol. The van der Waals surface area contributed by atoms with Gasteiger partial charge in [0, 0.05) is 11.1 Å². The van der Waals surface area contributed by atoms with Crippen LogP contribution in [-0.4, -0.2) is 24.3 Å². The van der Waals surface area contributed by atoms with Crippen molar-refractivity contribution in [2.45, 2.75) is 38.6 Å². The Labute approximate surface area is 148 Å². The first-order valence-electron chi connectivity index (χ1n) is 8.63. The molecule has 0 N–H and O–H groups in total. The number of anilines is 1. The Morgan fingerprint density at radius 1 is 1.16 bits per heavy atom. The summed E-state index contributed by atoms with van der Waals surface area (Å²) in [4.78, 5) is 19.8. The highest BCUT2D eigenvalue weighted by molar-refractivity contribution is 6.55. The second-order valence-electron chi connectivity index (χ2n) is 7.46. The van der Waals surface area contributed by atoms with Crippen LogP contribution >= 0.6 is 0 Å². The maximum atomic E-state index is 13.2. The normalized spacial score (nSPS) is 22.2. The highest BCUT2D eigenvalue weighted by atomic mass is 16.5. The van der Waals surface area contributed by atoms with E-state index >= 15 is 0 Å². The van der Waals surface area contributed by atoms with Gasteiger partial charge in [-0.1, -0.05) is 25.1 Å². The van der Waals surface area contributed by atoms with Crippen LogP contribution in [0.1, 0.15) is 44.2 Å². The molecule has 25 heavy (non-hydrogen) atoms. The zero-order chi connectivity index (χ0) is 17.8. The van der Waals surface area contributed by atoms with Crippen molar-refractivity contribution < 1.29 is 9.53 Å². The molecule has 0 spiro atoms. The highest BCUT2D eigenvalue weighted by Gasteiger charge is 2.47. The summed E-state index contributed by atoms with van der Waals surface area (Å²) in [7, 11) is 1.63. The summed E-state index contributed by atoms with van der Waals surface area (Å²) >= 11 is 0. The SMILES string of the molecule is COc1ccc(N=C2C(=O)N3c4c2cccc4[C@H](C)CC3(C)C)cc1. The molecule has 1 amide bonds. The van der Waals surface area contributed by atoms with Crippen molar-refractivity contribution in [3.63, 3.8) is 0 Å². The van der Waals surface area contributed by atoms with Crippen LogP contribution in [0.3, 0.4) is 0 Å². The molecule has 0 bridgehead atoms. The summed E-state index contributed by atoms with van der Waals surface area (Å²) in [6.07, 6.45) is 0.949. The molecule has 0 saturated carbocycles. The van der Waals surface area contributed by atoms with Crippen molar-refractivity contribution in [3.05, 3.63) is 53.6 Å². The lowest BCUT2D eigenvalue weighted by atomic mass is 9.80. The van der Waals surface area contributed by atoms with Crippen LogP contribution in [0.4, 0.5) is 11.4 Å². The van der Waals surface area contributed by atoms with Gasteiger partial charge < -0.3 is 9.64 Å². The van der Waals surface area contributed by atoms with Gasteiger partial charge in [-0.3, -0.25) is 4.79 Å². The lowest BCUT2D eigenvalue weighted by molar-refractivity contribution is -0.113. The molecule has 4 rings (SSSR count). The Bertz CT molecular complexity index is 881. The van der Waals surface area contributed by atoms with Gasteiger partial charge in [-0.2, -0.15) is 0 Å². The lowest BCUT2D eigenvalue weighted by Crippen LogP contribution is -2.50. The van der Waals surface area contributed by atoms with Gasteiger partial charge in [0.25, 0.3) is 5.91 Å². The van der Waals surface area contributed by atoms with Gasteiger partial charge in [-0.05, 0) is 56.0 Å². The Kier molecular flexibility index (Phi) is 3.46. The van der Waals surface area contributed by atoms with E-state index in [0.717, 1.165) is 29.1 Å². The third-order valence-electron chi connectivity index (χ3n) is 5.21. The topological polar surface area (TPSA) is 41.9 Å². The van der Waals surface area contributed by atoms with Crippen molar-refractivity contribution in [1.29, 1.82) is 0 Å². The highest BCUT2D eigenvalue weighted by Crippen LogP contribution is 2.48. The molecule has 0 radical (unpaired) electrons. The number of methoxy groups -OCH3 is 1. The molecule has 1 atom stereocenters. The molecule has 4 nitrogen and oxygen atoms in total. The molecule has 0 fully saturated rings. The number of hydrogen-bond acceptors (Lipinski definition) is 3. The largest absolute Gasteiger partial charge is 0.497 e. The molecule has 2 aliphatic heterocycles. The molecule has 2 aliphatic rings. The number of para-hydroxylation sites is 1. The fourth-order valence-corrected chi connectivity index (χ4v) is 4.14. The monoisotopic (exact) mass is 334 g/mol. The quantitative estimate of drug-likeness (QED) is 0.814. The Hall–Kier alpha value is -2.62. The molecular weight excluding hydrogens is 312 g/mol. The van der Waals surface area contributed by atoms with Crippen LogP contribution in [-0.2, 0) is 4.79 Å². The van der Waals surface area contributed by atoms with E-state index in [1.807, 2.05) is 41.3 Å². The molecule has 4 heteroatoms. The van der Waals surface area contributed by atoms with Crippen LogP contribution in [0.5, 0.6) is 5.75 Å². The summed E-state index contributed by atoms with van der Waals surface area (Å²) in [6.45, 7) is 6.51. The van der Waals surface area contributed by atoms with E-state index in [2.05, 4.69) is 31.8 Å². The summed E-state index contributed by atoms with van der Waals surface area (Å²) in [5, 5.41) is 0. The third kappa shape index (κ3) is 2.36. The predicted octanol–water partition coefficient (Wildman–Crippen LogP) is 4.45. The Morgan fingerprint density at radius 3 is 2.56 bits per heavy atom. The summed E-state index contributed by atoms with van der Waals surface area (Å²) in [6, 6.07) is 13.6. The van der Waals surface area contributed by atoms with Crippen LogP contribution in [0.25, 0.3) is 0 Å². The first-order chi connectivity index (χ1) is 11.9. The molecular formula is C21H22N2O2. The van der Waals surface area contributed by atoms with Crippen LogP contribution in [0.2, 0.25) is 0 Å². The summed E-state index contributed by atoms with van der Waals surface area (Å²) < 4.78 is 5.19. The van der Waals surface area contributed by atoms with Crippen molar-refractivity contribution in [1.82, 2.24) is 0 Å². The van der Waals surface area contributed by atoms with Gasteiger partial charge in [-0.15, -0.1) is 0 Å². The van der Waals surface area contributed by atoms with E-state index in [4.69, 9.17) is 4.74 Å². The van der Waals surface area contributed by atoms with Crippen LogP contribution in [0, 0.1) is 0 Å².